The van der Waals surface area contributed by atoms with Gasteiger partial charge in [0.1, 0.15) is 0 Å². The van der Waals surface area contributed by atoms with Crippen molar-refractivity contribution in [3.8, 4) is 0 Å². The van der Waals surface area contributed by atoms with E-state index in [9.17, 15) is 0 Å². The summed E-state index contributed by atoms with van der Waals surface area (Å²) in [7, 11) is 2.06. The van der Waals surface area contributed by atoms with Crippen molar-refractivity contribution in [1.82, 2.24) is 8.01 Å². The molecule has 0 aromatic rings. The van der Waals surface area contributed by atoms with Gasteiger partial charge in [0.25, 0.3) is 0 Å². The minimum atomic E-state index is 0.274. The van der Waals surface area contributed by atoms with Crippen LogP contribution in [-0.4, -0.2) is 52.5 Å². The molecule has 1 N–H and O–H groups in total. The molecule has 0 bridgehead atoms. The van der Waals surface area contributed by atoms with Crippen molar-refractivity contribution in [3.63, 3.8) is 0 Å². The molecule has 1 fully saturated rings. The van der Waals surface area contributed by atoms with Gasteiger partial charge in [-0.2, -0.15) is 0 Å². The Bertz CT molecular complexity index is 112. The van der Waals surface area contributed by atoms with Crippen molar-refractivity contribution >= 4 is 22.9 Å². The van der Waals surface area contributed by atoms with Gasteiger partial charge in [-0.15, -0.1) is 0 Å². The fourth-order valence-electron chi connectivity index (χ4n) is 1.11. The van der Waals surface area contributed by atoms with Gasteiger partial charge < -0.3 is 5.11 Å². The van der Waals surface area contributed by atoms with Gasteiger partial charge in [-0.1, -0.05) is 0 Å². The minimum absolute atomic E-state index is 0.274. The van der Waals surface area contributed by atoms with Crippen molar-refractivity contribution in [2.45, 2.75) is 6.04 Å². The van der Waals surface area contributed by atoms with Crippen molar-refractivity contribution in [2.24, 2.45) is 0 Å². The Morgan fingerprint density at radius 1 is 1.60 bits per heavy atom. The number of nitrogens with zero attached hydrogens (tertiary/aromatic N) is 2. The summed E-state index contributed by atoms with van der Waals surface area (Å²) in [5.74, 6) is 0. The fraction of sp³-hybridized carbons (Fsp3) is 1.00. The molecule has 0 aromatic heterocycles. The Kier molecular flexibility index (Phi) is 3.35. The van der Waals surface area contributed by atoms with Crippen LogP contribution in [0.25, 0.3) is 0 Å². The summed E-state index contributed by atoms with van der Waals surface area (Å²) < 4.78 is 2.22. The predicted molar refractivity (Wildman–Crippen MR) is 49.1 cm³/mol. The lowest BCUT2D eigenvalue weighted by Crippen LogP contribution is -2.49. The van der Waals surface area contributed by atoms with Gasteiger partial charge in [0.15, 0.2) is 0 Å². The largest absolute Gasteiger partial charge is 0.395 e. The molecule has 10 heavy (non-hydrogen) atoms. The molecule has 0 amide bonds. The summed E-state index contributed by atoms with van der Waals surface area (Å²) in [5.41, 5.74) is 0. The van der Waals surface area contributed by atoms with Crippen LogP contribution in [0.5, 0.6) is 0 Å². The van der Waals surface area contributed by atoms with Gasteiger partial charge in [0.05, 0.1) is 6.61 Å². The Morgan fingerprint density at radius 3 is 2.80 bits per heavy atom. The van der Waals surface area contributed by atoms with Crippen molar-refractivity contribution in [2.75, 3.05) is 33.3 Å². The third kappa shape index (κ3) is 2.05. The summed E-state index contributed by atoms with van der Waals surface area (Å²) in [5, 5.41) is 8.91. The van der Waals surface area contributed by atoms with E-state index in [4.69, 9.17) is 5.11 Å². The number of hydrogen-bond donors (Lipinski definition) is 1. The van der Waals surface area contributed by atoms with E-state index in [1.54, 1.807) is 0 Å². The number of piperazine rings is 1. The molecule has 1 aliphatic heterocycles. The maximum Gasteiger partial charge on any atom is 0.0599 e. The van der Waals surface area contributed by atoms with E-state index >= 15 is 0 Å². The molecule has 1 saturated heterocycles. The molecule has 0 saturated carbocycles. The molecule has 1 aliphatic rings. The van der Waals surface area contributed by atoms with Gasteiger partial charge in [0, 0.05) is 48.5 Å². The quantitative estimate of drug-likeness (QED) is 0.526. The zero-order valence-electron chi connectivity index (χ0n) is 6.13. The van der Waals surface area contributed by atoms with Crippen molar-refractivity contribution < 1.29 is 5.11 Å². The monoisotopic (exact) mass is 256 g/mol. The number of rotatable bonds is 1. The summed E-state index contributed by atoms with van der Waals surface area (Å²) in [6.45, 7) is 3.42. The van der Waals surface area contributed by atoms with E-state index in [2.05, 4.69) is 37.9 Å². The second kappa shape index (κ2) is 3.85. The van der Waals surface area contributed by atoms with Crippen LogP contribution < -0.4 is 0 Å². The molecule has 0 unspecified atom stereocenters. The van der Waals surface area contributed by atoms with E-state index in [1.807, 2.05) is 0 Å². The van der Waals surface area contributed by atoms with Gasteiger partial charge in [0.2, 0.25) is 0 Å². The van der Waals surface area contributed by atoms with E-state index in [1.165, 1.54) is 0 Å². The SMILES string of the molecule is CN1CCN(I)C[C@@H]1CO. The molecule has 1 heterocycles. The van der Waals surface area contributed by atoms with Crippen LogP contribution in [-0.2, 0) is 0 Å². The van der Waals surface area contributed by atoms with Crippen LogP contribution in [0.4, 0.5) is 0 Å². The number of aliphatic hydroxyl groups is 1. The van der Waals surface area contributed by atoms with Gasteiger partial charge in [-0.25, -0.2) is 3.11 Å². The first-order valence-corrected chi connectivity index (χ1v) is 4.42. The molecule has 0 radical (unpaired) electrons. The topological polar surface area (TPSA) is 26.7 Å². The smallest absolute Gasteiger partial charge is 0.0599 e. The lowest BCUT2D eigenvalue weighted by molar-refractivity contribution is 0.102. The van der Waals surface area contributed by atoms with Gasteiger partial charge >= 0.3 is 0 Å². The zero-order chi connectivity index (χ0) is 7.56. The highest BCUT2D eigenvalue weighted by Crippen LogP contribution is 2.10. The average molecular weight is 256 g/mol. The number of hydrogen-bond acceptors (Lipinski definition) is 3. The molecule has 0 spiro atoms. The Hall–Kier alpha value is 0.610. The lowest BCUT2D eigenvalue weighted by Gasteiger charge is -2.35. The molecule has 0 aliphatic carbocycles. The molecule has 60 valence electrons. The summed E-state index contributed by atoms with van der Waals surface area (Å²) in [6, 6.07) is 0.339. The van der Waals surface area contributed by atoms with E-state index in [-0.39, 0.29) is 6.61 Å². The third-order valence-corrected chi connectivity index (χ3v) is 2.81. The molecular formula is C6H13IN2O. The summed E-state index contributed by atoms with van der Waals surface area (Å²) in [4.78, 5) is 2.20. The number of aliphatic hydroxyl groups excluding tert-OH is 1. The van der Waals surface area contributed by atoms with Gasteiger partial charge in [-0.05, 0) is 7.05 Å². The predicted octanol–water partition coefficient (Wildman–Crippen LogP) is -0.0553. The van der Waals surface area contributed by atoms with E-state index < -0.39 is 0 Å². The lowest BCUT2D eigenvalue weighted by atomic mass is 10.2. The van der Waals surface area contributed by atoms with Crippen LogP contribution in [0.2, 0.25) is 0 Å². The maximum atomic E-state index is 8.91. The Balaban J connectivity index is 2.38. The molecule has 3 nitrogen and oxygen atoms in total. The highest BCUT2D eigenvalue weighted by molar-refractivity contribution is 14.1. The van der Waals surface area contributed by atoms with E-state index in [0.717, 1.165) is 19.6 Å². The highest BCUT2D eigenvalue weighted by atomic mass is 127. The van der Waals surface area contributed by atoms with Crippen LogP contribution in [0, 0.1) is 0 Å². The standard InChI is InChI=1S/C6H13IN2O/c1-8-2-3-9(7)4-6(8)5-10/h6,10H,2-5H2,1H3/t6-/m1/s1. The minimum Gasteiger partial charge on any atom is -0.395 e. The third-order valence-electron chi connectivity index (χ3n) is 1.94. The Labute approximate surface area is 75.5 Å². The first-order valence-electron chi connectivity index (χ1n) is 3.46. The average Bonchev–Trinajstić information content (AvgIpc) is 1.94. The normalized spacial score (nSPS) is 30.9. The molecule has 0 aromatic carbocycles. The molecule has 4 heteroatoms. The zero-order valence-corrected chi connectivity index (χ0v) is 8.28. The second-order valence-electron chi connectivity index (χ2n) is 2.69. The van der Waals surface area contributed by atoms with Crippen molar-refractivity contribution in [3.05, 3.63) is 0 Å². The molecular weight excluding hydrogens is 243 g/mol. The number of likely N-dealkylation sites (N-methyl/N-ethyl adjacent to an activating group) is 1. The summed E-state index contributed by atoms with van der Waals surface area (Å²) in [6.07, 6.45) is 0. The Morgan fingerprint density at radius 2 is 2.30 bits per heavy atom. The highest BCUT2D eigenvalue weighted by Gasteiger charge is 2.21. The van der Waals surface area contributed by atoms with E-state index in [0.29, 0.717) is 6.04 Å². The van der Waals surface area contributed by atoms with Crippen molar-refractivity contribution in [1.29, 1.82) is 0 Å². The number of halogens is 1. The molecule has 1 atom stereocenters. The van der Waals surface area contributed by atoms with Crippen LogP contribution in [0.3, 0.4) is 0 Å². The van der Waals surface area contributed by atoms with Crippen LogP contribution >= 0.6 is 22.9 Å². The van der Waals surface area contributed by atoms with Crippen LogP contribution in [0.15, 0.2) is 0 Å². The van der Waals surface area contributed by atoms with Gasteiger partial charge in [-0.3, -0.25) is 4.90 Å². The first-order chi connectivity index (χ1) is 4.74. The maximum absolute atomic E-state index is 8.91. The molecule has 1 rings (SSSR count). The first kappa shape index (κ1) is 8.70. The summed E-state index contributed by atoms with van der Waals surface area (Å²) >= 11 is 2.30. The second-order valence-corrected chi connectivity index (χ2v) is 4.05. The fourth-order valence-corrected chi connectivity index (χ4v) is 1.78. The van der Waals surface area contributed by atoms with Crippen LogP contribution in [0.1, 0.15) is 0 Å².